The fraction of sp³-hybridized carbons (Fsp3) is 0.500. The number of carbonyl (C=O) groups is 2. The molecule has 1 saturated heterocycles. The molecule has 0 spiro atoms. The highest BCUT2D eigenvalue weighted by atomic mass is 16.3. The maximum Gasteiger partial charge on any atom is 0.234 e. The third-order valence-corrected chi connectivity index (χ3v) is 3.80. The Balaban J connectivity index is 2.30. The van der Waals surface area contributed by atoms with Crippen LogP contribution in [0.5, 0.6) is 0 Å². The average molecular weight is 305 g/mol. The number of carbonyl (C=O) groups excluding carboxylic acids is 2. The molecule has 0 radical (unpaired) electrons. The lowest BCUT2D eigenvalue weighted by Gasteiger charge is -2.42. The molecule has 0 saturated carbocycles. The van der Waals surface area contributed by atoms with Gasteiger partial charge in [-0.2, -0.15) is 0 Å². The molecule has 1 fully saturated rings. The van der Waals surface area contributed by atoms with E-state index in [4.69, 9.17) is 5.11 Å². The van der Waals surface area contributed by atoms with Crippen LogP contribution in [0.4, 0.5) is 0 Å². The molecule has 1 aromatic carbocycles. The summed E-state index contributed by atoms with van der Waals surface area (Å²) in [6.07, 6.45) is 0.115. The molecule has 0 bridgehead atoms. The fourth-order valence-electron chi connectivity index (χ4n) is 2.79. The molecule has 6 nitrogen and oxygen atoms in total. The van der Waals surface area contributed by atoms with Crippen molar-refractivity contribution in [2.75, 3.05) is 32.8 Å². The van der Waals surface area contributed by atoms with Crippen LogP contribution in [-0.2, 0) is 9.59 Å². The molecule has 6 heteroatoms. The van der Waals surface area contributed by atoms with Crippen LogP contribution < -0.4 is 5.32 Å². The molecule has 1 amide bonds. The summed E-state index contributed by atoms with van der Waals surface area (Å²) in [6.45, 7) is 4.06. The molecule has 1 atom stereocenters. The maximum atomic E-state index is 12.2. The van der Waals surface area contributed by atoms with Crippen LogP contribution in [0.25, 0.3) is 0 Å². The zero-order valence-corrected chi connectivity index (χ0v) is 12.9. The van der Waals surface area contributed by atoms with Crippen LogP contribution >= 0.6 is 0 Å². The van der Waals surface area contributed by atoms with E-state index >= 15 is 0 Å². The Morgan fingerprint density at radius 1 is 1.27 bits per heavy atom. The average Bonchev–Trinajstić information content (AvgIpc) is 2.55. The van der Waals surface area contributed by atoms with Gasteiger partial charge >= 0.3 is 0 Å². The standard InChI is InChI=1S/C16H23N3O3/c1-13(21)19(18-9-7-17-8-10-18)16(11-15(22)12-20)14-5-3-2-4-6-14/h2-6,16-17,20H,7-12H2,1H3. The minimum atomic E-state index is -0.503. The van der Waals surface area contributed by atoms with Crippen molar-refractivity contribution in [2.45, 2.75) is 19.4 Å². The number of rotatable bonds is 6. The first-order valence-electron chi connectivity index (χ1n) is 7.56. The quantitative estimate of drug-likeness (QED) is 0.793. The largest absolute Gasteiger partial charge is 0.389 e. The molecule has 1 aromatic rings. The highest BCUT2D eigenvalue weighted by molar-refractivity contribution is 5.81. The van der Waals surface area contributed by atoms with Crippen molar-refractivity contribution in [1.29, 1.82) is 0 Å². The zero-order valence-electron chi connectivity index (χ0n) is 12.9. The molecule has 1 aliphatic rings. The van der Waals surface area contributed by atoms with Crippen LogP contribution in [0.2, 0.25) is 0 Å². The van der Waals surface area contributed by atoms with Crippen LogP contribution in [0.3, 0.4) is 0 Å². The summed E-state index contributed by atoms with van der Waals surface area (Å²) in [4.78, 5) is 24.0. The minimum absolute atomic E-state index is 0.0958. The van der Waals surface area contributed by atoms with Crippen molar-refractivity contribution in [3.8, 4) is 0 Å². The van der Waals surface area contributed by atoms with E-state index in [-0.39, 0.29) is 24.2 Å². The molecule has 120 valence electrons. The Morgan fingerprint density at radius 2 is 1.91 bits per heavy atom. The maximum absolute atomic E-state index is 12.2. The molecule has 22 heavy (non-hydrogen) atoms. The van der Waals surface area contributed by atoms with E-state index in [1.165, 1.54) is 6.92 Å². The Kier molecular flexibility index (Phi) is 6.06. The van der Waals surface area contributed by atoms with Crippen LogP contribution in [0.1, 0.15) is 24.9 Å². The molecule has 0 aliphatic carbocycles. The van der Waals surface area contributed by atoms with Crippen molar-refractivity contribution in [3.05, 3.63) is 35.9 Å². The van der Waals surface area contributed by atoms with Gasteiger partial charge in [0, 0.05) is 39.5 Å². The Bertz CT molecular complexity index is 501. The summed E-state index contributed by atoms with van der Waals surface area (Å²) in [7, 11) is 0. The SMILES string of the molecule is CC(=O)N(C(CC(=O)CO)c1ccccc1)N1CCNCC1. The highest BCUT2D eigenvalue weighted by Crippen LogP contribution is 2.26. The van der Waals surface area contributed by atoms with E-state index < -0.39 is 6.61 Å². The van der Waals surface area contributed by atoms with Gasteiger partial charge in [-0.1, -0.05) is 30.3 Å². The van der Waals surface area contributed by atoms with Gasteiger partial charge in [0.1, 0.15) is 6.61 Å². The lowest BCUT2D eigenvalue weighted by Crippen LogP contribution is -2.55. The van der Waals surface area contributed by atoms with Crippen molar-refractivity contribution in [1.82, 2.24) is 15.3 Å². The molecule has 1 unspecified atom stereocenters. The van der Waals surface area contributed by atoms with Crippen molar-refractivity contribution < 1.29 is 14.7 Å². The number of nitrogens with zero attached hydrogens (tertiary/aromatic N) is 2. The first-order valence-corrected chi connectivity index (χ1v) is 7.56. The van der Waals surface area contributed by atoms with Crippen LogP contribution in [0.15, 0.2) is 30.3 Å². The van der Waals surface area contributed by atoms with E-state index in [2.05, 4.69) is 5.32 Å². The predicted molar refractivity (Wildman–Crippen MR) is 82.9 cm³/mol. The van der Waals surface area contributed by atoms with Gasteiger partial charge in [0.15, 0.2) is 5.78 Å². The van der Waals surface area contributed by atoms with Gasteiger partial charge in [-0.05, 0) is 5.56 Å². The molecule has 1 aliphatic heterocycles. The second kappa shape index (κ2) is 8.03. The number of ketones is 1. The summed E-state index contributed by atoms with van der Waals surface area (Å²) in [5, 5.41) is 16.0. The number of nitrogens with one attached hydrogen (secondary N) is 1. The molecular weight excluding hydrogens is 282 g/mol. The summed E-state index contributed by atoms with van der Waals surface area (Å²) in [5.74, 6) is -0.364. The molecular formula is C16H23N3O3. The number of aliphatic hydroxyl groups excluding tert-OH is 1. The summed E-state index contributed by atoms with van der Waals surface area (Å²) in [6, 6.07) is 9.12. The number of benzene rings is 1. The smallest absolute Gasteiger partial charge is 0.234 e. The van der Waals surface area contributed by atoms with Gasteiger partial charge in [0.05, 0.1) is 6.04 Å². The monoisotopic (exact) mass is 305 g/mol. The van der Waals surface area contributed by atoms with Gasteiger partial charge in [0.2, 0.25) is 5.91 Å². The van der Waals surface area contributed by atoms with Crippen molar-refractivity contribution >= 4 is 11.7 Å². The molecule has 2 N–H and O–H groups in total. The van der Waals surface area contributed by atoms with E-state index in [1.807, 2.05) is 35.3 Å². The first-order chi connectivity index (χ1) is 10.6. The second-order valence-corrected chi connectivity index (χ2v) is 5.39. The van der Waals surface area contributed by atoms with Crippen LogP contribution in [-0.4, -0.2) is 59.6 Å². The van der Waals surface area contributed by atoms with Gasteiger partial charge in [-0.3, -0.25) is 14.6 Å². The van der Waals surface area contributed by atoms with E-state index in [0.717, 1.165) is 31.7 Å². The van der Waals surface area contributed by atoms with Gasteiger partial charge in [-0.25, -0.2) is 5.01 Å². The zero-order chi connectivity index (χ0) is 15.9. The molecule has 1 heterocycles. The van der Waals surface area contributed by atoms with E-state index in [9.17, 15) is 9.59 Å². The van der Waals surface area contributed by atoms with E-state index in [1.54, 1.807) is 5.01 Å². The Labute approximate surface area is 130 Å². The summed E-state index contributed by atoms with van der Waals surface area (Å²) in [5.41, 5.74) is 0.901. The van der Waals surface area contributed by atoms with Crippen LogP contribution in [0, 0.1) is 0 Å². The van der Waals surface area contributed by atoms with Gasteiger partial charge in [0.25, 0.3) is 0 Å². The summed E-state index contributed by atoms with van der Waals surface area (Å²) < 4.78 is 0. The molecule has 0 aromatic heterocycles. The number of hydrazine groups is 1. The number of piperazine rings is 1. The Hall–Kier alpha value is -1.76. The number of aliphatic hydroxyl groups is 1. The molecule has 2 rings (SSSR count). The normalized spacial score (nSPS) is 17.0. The third-order valence-electron chi connectivity index (χ3n) is 3.80. The van der Waals surface area contributed by atoms with Gasteiger partial charge in [-0.15, -0.1) is 0 Å². The lowest BCUT2D eigenvalue weighted by molar-refractivity contribution is -0.156. The summed E-state index contributed by atoms with van der Waals surface area (Å²) >= 11 is 0. The Morgan fingerprint density at radius 3 is 2.45 bits per heavy atom. The van der Waals surface area contributed by atoms with Crippen molar-refractivity contribution in [2.24, 2.45) is 0 Å². The van der Waals surface area contributed by atoms with Crippen molar-refractivity contribution in [3.63, 3.8) is 0 Å². The number of hydrogen-bond donors (Lipinski definition) is 2. The van der Waals surface area contributed by atoms with E-state index in [0.29, 0.717) is 0 Å². The number of hydrogen-bond acceptors (Lipinski definition) is 5. The number of Topliss-reactive ketones (excluding diaryl/α,β-unsaturated/α-hetero) is 1. The minimum Gasteiger partial charge on any atom is -0.389 e. The topological polar surface area (TPSA) is 72.9 Å². The lowest BCUT2D eigenvalue weighted by atomic mass is 10.0. The highest BCUT2D eigenvalue weighted by Gasteiger charge is 2.30. The predicted octanol–water partition coefficient (Wildman–Crippen LogP) is 0.348. The second-order valence-electron chi connectivity index (χ2n) is 5.39. The van der Waals surface area contributed by atoms with Gasteiger partial charge < -0.3 is 10.4 Å². The number of amides is 1. The first kappa shape index (κ1) is 16.6. The third kappa shape index (κ3) is 4.13. The fourth-order valence-corrected chi connectivity index (χ4v) is 2.79.